The van der Waals surface area contributed by atoms with Crippen LogP contribution in [0.25, 0.3) is 0 Å². The van der Waals surface area contributed by atoms with Crippen LogP contribution in [0.4, 0.5) is 6.01 Å². The summed E-state index contributed by atoms with van der Waals surface area (Å²) in [6, 6.07) is 2.22. The van der Waals surface area contributed by atoms with Crippen molar-refractivity contribution in [2.75, 3.05) is 31.1 Å². The normalized spacial score (nSPS) is 15.8. The molecule has 1 amide bonds. The van der Waals surface area contributed by atoms with E-state index in [1.807, 2.05) is 18.7 Å². The van der Waals surface area contributed by atoms with Crippen molar-refractivity contribution >= 4 is 11.9 Å². The molecular formula is C14H18N4O3. The predicted molar refractivity (Wildman–Crippen MR) is 75.2 cm³/mol. The van der Waals surface area contributed by atoms with Gasteiger partial charge in [0.2, 0.25) is 0 Å². The number of furan rings is 1. The third kappa shape index (κ3) is 2.76. The van der Waals surface area contributed by atoms with Gasteiger partial charge in [0, 0.05) is 32.1 Å². The quantitative estimate of drug-likeness (QED) is 0.857. The zero-order chi connectivity index (χ0) is 14.8. The fourth-order valence-electron chi connectivity index (χ4n) is 2.26. The number of carbonyl (C=O) groups is 1. The number of aromatic nitrogens is 2. The van der Waals surface area contributed by atoms with Gasteiger partial charge in [-0.25, -0.2) is 0 Å². The van der Waals surface area contributed by atoms with E-state index < -0.39 is 0 Å². The third-order valence-corrected chi connectivity index (χ3v) is 3.55. The van der Waals surface area contributed by atoms with E-state index in [1.54, 1.807) is 11.0 Å². The van der Waals surface area contributed by atoms with E-state index in [0.717, 1.165) is 0 Å². The van der Waals surface area contributed by atoms with Crippen molar-refractivity contribution in [3.8, 4) is 0 Å². The van der Waals surface area contributed by atoms with Gasteiger partial charge in [-0.3, -0.25) is 4.79 Å². The van der Waals surface area contributed by atoms with Gasteiger partial charge in [-0.2, -0.15) is 4.98 Å². The summed E-state index contributed by atoms with van der Waals surface area (Å²) in [5, 5.41) is 3.96. The van der Waals surface area contributed by atoms with Crippen LogP contribution in [0.3, 0.4) is 0 Å². The molecule has 0 radical (unpaired) electrons. The molecule has 2 aromatic heterocycles. The minimum atomic E-state index is -0.00296. The Morgan fingerprint density at radius 1 is 1.29 bits per heavy atom. The van der Waals surface area contributed by atoms with Gasteiger partial charge < -0.3 is 18.7 Å². The first kappa shape index (κ1) is 13.7. The Morgan fingerprint density at radius 2 is 2.05 bits per heavy atom. The number of hydrogen-bond acceptors (Lipinski definition) is 6. The van der Waals surface area contributed by atoms with Gasteiger partial charge in [0.25, 0.3) is 5.91 Å². The average molecular weight is 290 g/mol. The number of rotatable bonds is 3. The molecule has 3 rings (SSSR count). The Hall–Kier alpha value is -2.31. The molecule has 7 nitrogen and oxygen atoms in total. The van der Waals surface area contributed by atoms with Crippen molar-refractivity contribution < 1.29 is 13.7 Å². The van der Waals surface area contributed by atoms with Crippen LogP contribution < -0.4 is 4.90 Å². The van der Waals surface area contributed by atoms with Crippen molar-refractivity contribution in [3.63, 3.8) is 0 Å². The summed E-state index contributed by atoms with van der Waals surface area (Å²) in [4.78, 5) is 20.4. The summed E-state index contributed by atoms with van der Waals surface area (Å²) >= 11 is 0. The molecule has 0 unspecified atom stereocenters. The molecule has 21 heavy (non-hydrogen) atoms. The molecule has 0 aromatic carbocycles. The molecule has 1 saturated heterocycles. The lowest BCUT2D eigenvalue weighted by Crippen LogP contribution is -2.48. The fourth-order valence-corrected chi connectivity index (χ4v) is 2.26. The monoisotopic (exact) mass is 290 g/mol. The first-order valence-corrected chi connectivity index (χ1v) is 7.05. The van der Waals surface area contributed by atoms with E-state index in [2.05, 4.69) is 10.1 Å². The number of amides is 1. The van der Waals surface area contributed by atoms with Crippen LogP contribution in [-0.2, 0) is 0 Å². The molecular weight excluding hydrogens is 272 g/mol. The van der Waals surface area contributed by atoms with Crippen LogP contribution in [0.15, 0.2) is 27.5 Å². The lowest BCUT2D eigenvalue weighted by atomic mass is 10.2. The molecule has 1 fully saturated rings. The van der Waals surface area contributed by atoms with E-state index >= 15 is 0 Å². The number of carbonyl (C=O) groups excluding carboxylic acids is 1. The second-order valence-electron chi connectivity index (χ2n) is 5.38. The van der Waals surface area contributed by atoms with Gasteiger partial charge in [0.05, 0.1) is 11.8 Å². The minimum absolute atomic E-state index is 0.00296. The van der Waals surface area contributed by atoms with Gasteiger partial charge in [-0.1, -0.05) is 19.0 Å². The first-order valence-electron chi connectivity index (χ1n) is 7.05. The maximum atomic E-state index is 12.2. The molecule has 1 aliphatic heterocycles. The fraction of sp³-hybridized carbons (Fsp3) is 0.500. The van der Waals surface area contributed by atoms with Gasteiger partial charge in [0.15, 0.2) is 5.82 Å². The Morgan fingerprint density at radius 3 is 2.62 bits per heavy atom. The van der Waals surface area contributed by atoms with Crippen LogP contribution in [0.5, 0.6) is 0 Å². The molecule has 2 aromatic rings. The highest BCUT2D eigenvalue weighted by Crippen LogP contribution is 2.18. The number of nitrogens with zero attached hydrogens (tertiary/aromatic N) is 4. The summed E-state index contributed by atoms with van der Waals surface area (Å²) in [7, 11) is 0. The second-order valence-corrected chi connectivity index (χ2v) is 5.38. The topological polar surface area (TPSA) is 75.6 Å². The molecule has 112 valence electrons. The van der Waals surface area contributed by atoms with Gasteiger partial charge in [-0.05, 0) is 6.07 Å². The SMILES string of the molecule is CC(C)c1noc(N2CCN(C(=O)c3ccoc3)CC2)n1. The van der Waals surface area contributed by atoms with Gasteiger partial charge >= 0.3 is 6.01 Å². The lowest BCUT2D eigenvalue weighted by Gasteiger charge is -2.33. The number of hydrogen-bond donors (Lipinski definition) is 0. The van der Waals surface area contributed by atoms with E-state index in [9.17, 15) is 4.79 Å². The summed E-state index contributed by atoms with van der Waals surface area (Å²) < 4.78 is 10.2. The van der Waals surface area contributed by atoms with Gasteiger partial charge in [-0.15, -0.1) is 0 Å². The maximum Gasteiger partial charge on any atom is 0.324 e. The number of piperazine rings is 1. The largest absolute Gasteiger partial charge is 0.472 e. The van der Waals surface area contributed by atoms with Crippen LogP contribution in [0.2, 0.25) is 0 Å². The van der Waals surface area contributed by atoms with Crippen LogP contribution in [-0.4, -0.2) is 47.1 Å². The number of anilines is 1. The molecule has 1 aliphatic rings. The average Bonchev–Trinajstić information content (AvgIpc) is 3.18. The van der Waals surface area contributed by atoms with E-state index in [1.165, 1.54) is 12.5 Å². The Labute approximate surface area is 122 Å². The highest BCUT2D eigenvalue weighted by Gasteiger charge is 2.25. The molecule has 0 atom stereocenters. The summed E-state index contributed by atoms with van der Waals surface area (Å²) in [5.41, 5.74) is 0.586. The molecule has 7 heteroatoms. The highest BCUT2D eigenvalue weighted by molar-refractivity contribution is 5.93. The minimum Gasteiger partial charge on any atom is -0.472 e. The van der Waals surface area contributed by atoms with Crippen LogP contribution in [0, 0.1) is 0 Å². The smallest absolute Gasteiger partial charge is 0.324 e. The molecule has 0 N–H and O–H groups in total. The molecule has 0 aliphatic carbocycles. The molecule has 0 spiro atoms. The first-order chi connectivity index (χ1) is 10.1. The van der Waals surface area contributed by atoms with Crippen LogP contribution >= 0.6 is 0 Å². The van der Waals surface area contributed by atoms with E-state index in [4.69, 9.17) is 8.94 Å². The summed E-state index contributed by atoms with van der Waals surface area (Å²) in [6.07, 6.45) is 2.98. The molecule has 3 heterocycles. The maximum absolute atomic E-state index is 12.2. The zero-order valence-corrected chi connectivity index (χ0v) is 12.2. The van der Waals surface area contributed by atoms with Gasteiger partial charge in [0.1, 0.15) is 6.26 Å². The second kappa shape index (κ2) is 5.59. The molecule has 0 bridgehead atoms. The van der Waals surface area contributed by atoms with E-state index in [0.29, 0.717) is 43.6 Å². The summed E-state index contributed by atoms with van der Waals surface area (Å²) in [5.74, 6) is 0.949. The standard InChI is InChI=1S/C14H18N4O3/c1-10(2)12-15-14(21-16-12)18-6-4-17(5-7-18)13(19)11-3-8-20-9-11/h3,8-10H,4-7H2,1-2H3. The van der Waals surface area contributed by atoms with E-state index in [-0.39, 0.29) is 11.8 Å². The zero-order valence-electron chi connectivity index (χ0n) is 12.2. The Balaban J connectivity index is 1.61. The van der Waals surface area contributed by atoms with Crippen molar-refractivity contribution in [1.29, 1.82) is 0 Å². The van der Waals surface area contributed by atoms with Crippen molar-refractivity contribution in [3.05, 3.63) is 30.0 Å². The third-order valence-electron chi connectivity index (χ3n) is 3.55. The highest BCUT2D eigenvalue weighted by atomic mass is 16.5. The lowest BCUT2D eigenvalue weighted by molar-refractivity contribution is 0.0744. The summed E-state index contributed by atoms with van der Waals surface area (Å²) in [6.45, 7) is 6.67. The van der Waals surface area contributed by atoms with Crippen molar-refractivity contribution in [2.24, 2.45) is 0 Å². The molecule has 0 saturated carbocycles. The van der Waals surface area contributed by atoms with Crippen molar-refractivity contribution in [2.45, 2.75) is 19.8 Å². The van der Waals surface area contributed by atoms with Crippen LogP contribution in [0.1, 0.15) is 35.9 Å². The Kier molecular flexibility index (Phi) is 3.64. The van der Waals surface area contributed by atoms with Crippen molar-refractivity contribution in [1.82, 2.24) is 15.0 Å². The predicted octanol–water partition coefficient (Wildman–Crippen LogP) is 1.75. The Bertz CT molecular complexity index is 598.